The molecule has 0 amide bonds. The van der Waals surface area contributed by atoms with Crippen LogP contribution in [0, 0.1) is 13.8 Å². The van der Waals surface area contributed by atoms with E-state index >= 15 is 0 Å². The van der Waals surface area contributed by atoms with Gasteiger partial charge in [0.1, 0.15) is 17.2 Å². The lowest BCUT2D eigenvalue weighted by Crippen LogP contribution is -2.24. The fraction of sp³-hybridized carbons (Fsp3) is 0.375. The number of nitrogens with one attached hydrogen (secondary N) is 1. The largest absolute Gasteiger partial charge is 0.416 e. The molecule has 0 radical (unpaired) electrons. The molecule has 0 spiro atoms. The Morgan fingerprint density at radius 2 is 1.89 bits per heavy atom. The number of halogens is 3. The zero-order valence-electron chi connectivity index (χ0n) is 19.7. The number of fused-ring (bicyclic) bond motifs is 1. The molecule has 3 aromatic rings. The Morgan fingerprint density at radius 1 is 1.17 bits per heavy atom. The first kappa shape index (κ1) is 24.9. The molecule has 2 aromatic heterocycles. The summed E-state index contributed by atoms with van der Waals surface area (Å²) in [5.41, 5.74) is 0.938. The van der Waals surface area contributed by atoms with E-state index in [1.54, 1.807) is 39.1 Å². The number of nitrogens with zero attached hydrogens (tertiary/aromatic N) is 3. The first-order chi connectivity index (χ1) is 16.3. The molecule has 4 rings (SSSR count). The quantitative estimate of drug-likeness (QED) is 0.566. The maximum Gasteiger partial charge on any atom is 0.416 e. The molecule has 0 bridgehead atoms. The number of aryl methyl sites for hydroxylation is 1. The summed E-state index contributed by atoms with van der Waals surface area (Å²) >= 11 is 0. The van der Waals surface area contributed by atoms with Crippen molar-refractivity contribution in [1.82, 2.24) is 14.5 Å². The third-order valence-electron chi connectivity index (χ3n) is 6.30. The summed E-state index contributed by atoms with van der Waals surface area (Å²) in [6.07, 6.45) is -2.59. The van der Waals surface area contributed by atoms with Crippen LogP contribution in [0.1, 0.15) is 47.6 Å². The van der Waals surface area contributed by atoms with Gasteiger partial charge in [-0.3, -0.25) is 4.79 Å². The van der Waals surface area contributed by atoms with Gasteiger partial charge in [0, 0.05) is 12.7 Å². The van der Waals surface area contributed by atoms with Crippen molar-refractivity contribution in [3.8, 4) is 0 Å². The molecular weight excluding hydrogens is 481 g/mol. The summed E-state index contributed by atoms with van der Waals surface area (Å²) in [5.74, 6) is 0.545. The van der Waals surface area contributed by atoms with Crippen LogP contribution in [0.25, 0.3) is 16.5 Å². The average molecular weight is 507 g/mol. The second-order valence-corrected chi connectivity index (χ2v) is 11.0. The van der Waals surface area contributed by atoms with E-state index in [1.807, 2.05) is 0 Å². The molecule has 1 N–H and O–H groups in total. The van der Waals surface area contributed by atoms with Gasteiger partial charge in [-0.05, 0) is 56.0 Å². The fourth-order valence-electron chi connectivity index (χ4n) is 4.42. The molecule has 1 aliphatic heterocycles. The second-order valence-electron chi connectivity index (χ2n) is 8.75. The molecule has 0 saturated carbocycles. The molecule has 7 nitrogen and oxygen atoms in total. The van der Waals surface area contributed by atoms with Crippen molar-refractivity contribution in [2.45, 2.75) is 39.4 Å². The zero-order valence-corrected chi connectivity index (χ0v) is 20.5. The summed E-state index contributed by atoms with van der Waals surface area (Å²) < 4.78 is 65.3. The number of hydrogen-bond donors (Lipinski definition) is 1. The lowest BCUT2D eigenvalue weighted by Gasteiger charge is -2.22. The van der Waals surface area contributed by atoms with E-state index < -0.39 is 27.6 Å². The molecule has 1 atom stereocenters. The van der Waals surface area contributed by atoms with Crippen LogP contribution in [0.3, 0.4) is 0 Å². The number of rotatable bonds is 4. The van der Waals surface area contributed by atoms with Crippen molar-refractivity contribution >= 4 is 32.1 Å². The highest BCUT2D eigenvalue weighted by molar-refractivity contribution is 7.91. The minimum Gasteiger partial charge on any atom is -0.363 e. The number of sulfone groups is 1. The van der Waals surface area contributed by atoms with Crippen LogP contribution in [0.5, 0.6) is 0 Å². The SMILES string of the molecule is Cc1nc(N[C@H](C)c2cccc(C(F)(F)F)c2C)c2cc(C3=CCS(=O)(=O)CC3)n(C)c(=O)c2n1. The van der Waals surface area contributed by atoms with Gasteiger partial charge in [0.05, 0.1) is 28.5 Å². The van der Waals surface area contributed by atoms with Crippen LogP contribution in [-0.2, 0) is 23.1 Å². The van der Waals surface area contributed by atoms with Crippen molar-refractivity contribution < 1.29 is 21.6 Å². The summed E-state index contributed by atoms with van der Waals surface area (Å²) in [5, 5.41) is 3.59. The van der Waals surface area contributed by atoms with Gasteiger partial charge in [-0.1, -0.05) is 18.2 Å². The predicted molar refractivity (Wildman–Crippen MR) is 129 cm³/mol. The van der Waals surface area contributed by atoms with Gasteiger partial charge in [0.25, 0.3) is 5.56 Å². The van der Waals surface area contributed by atoms with E-state index in [2.05, 4.69) is 15.3 Å². The van der Waals surface area contributed by atoms with Gasteiger partial charge >= 0.3 is 6.18 Å². The predicted octanol–water partition coefficient (Wildman–Crippen LogP) is 4.34. The van der Waals surface area contributed by atoms with Crippen LogP contribution in [0.2, 0.25) is 0 Å². The number of anilines is 1. The van der Waals surface area contributed by atoms with Crippen LogP contribution in [-0.4, -0.2) is 34.5 Å². The maximum absolute atomic E-state index is 13.4. The van der Waals surface area contributed by atoms with Crippen molar-refractivity contribution in [2.24, 2.45) is 7.05 Å². The summed E-state index contributed by atoms with van der Waals surface area (Å²) in [7, 11) is -1.55. The smallest absolute Gasteiger partial charge is 0.363 e. The van der Waals surface area contributed by atoms with Crippen molar-refractivity contribution in [3.05, 3.63) is 68.9 Å². The van der Waals surface area contributed by atoms with E-state index in [0.29, 0.717) is 28.3 Å². The molecule has 35 heavy (non-hydrogen) atoms. The van der Waals surface area contributed by atoms with Gasteiger partial charge in [-0.2, -0.15) is 13.2 Å². The maximum atomic E-state index is 13.4. The first-order valence-corrected chi connectivity index (χ1v) is 12.8. The Balaban J connectivity index is 1.82. The van der Waals surface area contributed by atoms with E-state index in [9.17, 15) is 26.4 Å². The normalized spacial score (nSPS) is 16.7. The zero-order chi connectivity index (χ0) is 25.7. The Bertz CT molecular complexity index is 1530. The third-order valence-corrected chi connectivity index (χ3v) is 7.80. The second kappa shape index (κ2) is 8.78. The number of allylic oxidation sites excluding steroid dienone is 1. The molecular formula is C24H25F3N4O3S. The molecule has 3 heterocycles. The topological polar surface area (TPSA) is 94.0 Å². The molecule has 0 aliphatic carbocycles. The molecule has 0 unspecified atom stereocenters. The summed E-state index contributed by atoms with van der Waals surface area (Å²) in [6, 6.07) is 5.21. The minimum atomic E-state index is -4.47. The van der Waals surface area contributed by atoms with E-state index in [1.165, 1.54) is 17.6 Å². The van der Waals surface area contributed by atoms with Crippen molar-refractivity contribution in [3.63, 3.8) is 0 Å². The lowest BCUT2D eigenvalue weighted by molar-refractivity contribution is -0.138. The van der Waals surface area contributed by atoms with Crippen molar-refractivity contribution in [2.75, 3.05) is 16.8 Å². The highest BCUT2D eigenvalue weighted by Gasteiger charge is 2.33. The van der Waals surface area contributed by atoms with Crippen LogP contribution < -0.4 is 10.9 Å². The highest BCUT2D eigenvalue weighted by atomic mass is 32.2. The summed E-state index contributed by atoms with van der Waals surface area (Å²) in [6.45, 7) is 4.78. The Hall–Kier alpha value is -3.21. The van der Waals surface area contributed by atoms with E-state index in [-0.39, 0.29) is 34.6 Å². The molecule has 0 saturated heterocycles. The Kier molecular flexibility index (Phi) is 6.25. The molecule has 1 aliphatic rings. The molecule has 1 aromatic carbocycles. The average Bonchev–Trinajstić information content (AvgIpc) is 2.76. The highest BCUT2D eigenvalue weighted by Crippen LogP contribution is 2.35. The van der Waals surface area contributed by atoms with Gasteiger partial charge in [-0.25, -0.2) is 18.4 Å². The van der Waals surface area contributed by atoms with Crippen LogP contribution >= 0.6 is 0 Å². The Labute approximate surface area is 200 Å². The first-order valence-electron chi connectivity index (χ1n) is 11.0. The standard InChI is InChI=1S/C24H25F3N4O3S/c1-13-17(6-5-7-19(13)24(25,26)27)14(2)28-22-18-12-20(16-8-10-35(33,34)11-9-16)31(4)23(32)21(18)29-15(3)30-22/h5-8,12,14H,9-11H2,1-4H3,(H,28,29,30)/t14-/m1/s1. The van der Waals surface area contributed by atoms with Crippen molar-refractivity contribution in [1.29, 1.82) is 0 Å². The molecule has 0 fully saturated rings. The van der Waals surface area contributed by atoms with Gasteiger partial charge in [0.2, 0.25) is 0 Å². The molecule has 11 heteroatoms. The number of benzene rings is 1. The number of aromatic nitrogens is 3. The fourth-order valence-corrected chi connectivity index (χ4v) is 5.58. The van der Waals surface area contributed by atoms with Crippen LogP contribution in [0.15, 0.2) is 35.1 Å². The van der Waals surface area contributed by atoms with Gasteiger partial charge in [0.15, 0.2) is 9.84 Å². The monoisotopic (exact) mass is 506 g/mol. The lowest BCUT2D eigenvalue weighted by atomic mass is 9.97. The third kappa shape index (κ3) is 4.82. The minimum absolute atomic E-state index is 0.00752. The summed E-state index contributed by atoms with van der Waals surface area (Å²) in [4.78, 5) is 21.9. The van der Waals surface area contributed by atoms with Gasteiger partial charge in [-0.15, -0.1) is 0 Å². The van der Waals surface area contributed by atoms with Crippen LogP contribution in [0.4, 0.5) is 19.0 Å². The number of pyridine rings is 1. The number of hydrogen-bond acceptors (Lipinski definition) is 6. The van der Waals surface area contributed by atoms with Gasteiger partial charge < -0.3 is 9.88 Å². The molecule has 186 valence electrons. The number of alkyl halides is 3. The van der Waals surface area contributed by atoms with E-state index in [4.69, 9.17) is 0 Å². The Morgan fingerprint density at radius 3 is 2.51 bits per heavy atom. The van der Waals surface area contributed by atoms with E-state index in [0.717, 1.165) is 11.6 Å².